The minimum absolute atomic E-state index is 0. The van der Waals surface area contributed by atoms with Gasteiger partial charge in [-0.25, -0.2) is 0 Å². The van der Waals surface area contributed by atoms with Crippen molar-refractivity contribution in [2.45, 2.75) is 20.3 Å². The molecular formula is C16H15KO2. The summed E-state index contributed by atoms with van der Waals surface area (Å²) in [6.07, 6.45) is 0.616. The number of carboxylic acid groups (broad SMARTS) is 1. The number of hydrogen-bond donors (Lipinski definition) is 0. The number of hydrogen-bond acceptors (Lipinski definition) is 2. The van der Waals surface area contributed by atoms with E-state index in [1.165, 1.54) is 11.1 Å². The molecule has 0 fully saturated rings. The van der Waals surface area contributed by atoms with Crippen LogP contribution < -0.4 is 56.5 Å². The maximum absolute atomic E-state index is 11.0. The van der Waals surface area contributed by atoms with Gasteiger partial charge in [-0.05, 0) is 42.5 Å². The van der Waals surface area contributed by atoms with Crippen LogP contribution in [0.25, 0.3) is 0 Å². The summed E-state index contributed by atoms with van der Waals surface area (Å²) >= 11 is 0. The molecule has 19 heavy (non-hydrogen) atoms. The van der Waals surface area contributed by atoms with Crippen molar-refractivity contribution in [1.29, 1.82) is 0 Å². The molecule has 0 aliphatic rings. The average molecular weight is 278 g/mol. The van der Waals surface area contributed by atoms with E-state index in [1.807, 2.05) is 18.2 Å². The Bertz CT molecular complexity index is 591. The second kappa shape index (κ2) is 7.36. The van der Waals surface area contributed by atoms with Gasteiger partial charge in [0.25, 0.3) is 0 Å². The fraction of sp³-hybridized carbons (Fsp3) is 0.188. The van der Waals surface area contributed by atoms with Crippen molar-refractivity contribution in [3.8, 4) is 0 Å². The van der Waals surface area contributed by atoms with E-state index in [-0.39, 0.29) is 56.9 Å². The smallest absolute Gasteiger partial charge is 0.545 e. The summed E-state index contributed by atoms with van der Waals surface area (Å²) in [5, 5.41) is 11.0. The van der Waals surface area contributed by atoms with Gasteiger partial charge in [0.05, 0.1) is 5.97 Å². The van der Waals surface area contributed by atoms with Crippen LogP contribution >= 0.6 is 0 Å². The monoisotopic (exact) mass is 278 g/mol. The summed E-state index contributed by atoms with van der Waals surface area (Å²) in [7, 11) is 0. The molecule has 0 amide bonds. The molecular weight excluding hydrogens is 263 g/mol. The van der Waals surface area contributed by atoms with Crippen molar-refractivity contribution >= 4 is 5.97 Å². The molecule has 0 atom stereocenters. The molecule has 3 heteroatoms. The van der Waals surface area contributed by atoms with Crippen LogP contribution in [0.1, 0.15) is 32.6 Å². The standard InChI is InChI=1S/C16H16O2.K/c1-11-7-8-13(9-12(11)2)10-14-5-3-4-6-15(14)16(17)18;/h3-9H,10H2,1-2H3,(H,17,18);/q;+1/p-1. The molecule has 0 heterocycles. The van der Waals surface area contributed by atoms with Crippen LogP contribution in [0.3, 0.4) is 0 Å². The topological polar surface area (TPSA) is 40.1 Å². The fourth-order valence-electron chi connectivity index (χ4n) is 2.01. The van der Waals surface area contributed by atoms with Crippen LogP contribution in [0.2, 0.25) is 0 Å². The van der Waals surface area contributed by atoms with Crippen LogP contribution in [0.4, 0.5) is 0 Å². The molecule has 0 aliphatic carbocycles. The van der Waals surface area contributed by atoms with E-state index < -0.39 is 5.97 Å². The first kappa shape index (κ1) is 16.6. The molecule has 2 nitrogen and oxygen atoms in total. The normalized spacial score (nSPS) is 9.79. The fourth-order valence-corrected chi connectivity index (χ4v) is 2.01. The molecule has 0 radical (unpaired) electrons. The number of aromatic carboxylic acids is 1. The van der Waals surface area contributed by atoms with Gasteiger partial charge in [0.1, 0.15) is 0 Å². The minimum atomic E-state index is -1.12. The Balaban J connectivity index is 0.00000180. The first-order valence-electron chi connectivity index (χ1n) is 5.93. The Kier molecular flexibility index (Phi) is 6.43. The first-order chi connectivity index (χ1) is 8.58. The van der Waals surface area contributed by atoms with E-state index in [4.69, 9.17) is 0 Å². The molecule has 0 aliphatic heterocycles. The van der Waals surface area contributed by atoms with E-state index in [1.54, 1.807) is 12.1 Å². The molecule has 92 valence electrons. The summed E-state index contributed by atoms with van der Waals surface area (Å²) in [6, 6.07) is 13.2. The number of benzene rings is 2. The zero-order valence-electron chi connectivity index (χ0n) is 11.6. The summed E-state index contributed by atoms with van der Waals surface area (Å²) in [6.45, 7) is 4.12. The van der Waals surface area contributed by atoms with Gasteiger partial charge in [-0.1, -0.05) is 42.5 Å². The Morgan fingerprint density at radius 3 is 2.37 bits per heavy atom. The van der Waals surface area contributed by atoms with Gasteiger partial charge in [0, 0.05) is 5.56 Å². The van der Waals surface area contributed by atoms with Gasteiger partial charge < -0.3 is 9.90 Å². The molecule has 0 bridgehead atoms. The van der Waals surface area contributed by atoms with Gasteiger partial charge >= 0.3 is 51.4 Å². The van der Waals surface area contributed by atoms with Crippen LogP contribution in [0.15, 0.2) is 42.5 Å². The molecule has 2 aromatic rings. The van der Waals surface area contributed by atoms with Crippen LogP contribution in [0.5, 0.6) is 0 Å². The van der Waals surface area contributed by atoms with Gasteiger partial charge in [-0.2, -0.15) is 0 Å². The van der Waals surface area contributed by atoms with Gasteiger partial charge in [0.15, 0.2) is 0 Å². The maximum Gasteiger partial charge on any atom is 1.00 e. The third-order valence-electron chi connectivity index (χ3n) is 3.20. The second-order valence-corrected chi connectivity index (χ2v) is 4.54. The molecule has 0 N–H and O–H groups in total. The van der Waals surface area contributed by atoms with Gasteiger partial charge in [-0.15, -0.1) is 0 Å². The Labute approximate surface area is 156 Å². The summed E-state index contributed by atoms with van der Waals surface area (Å²) < 4.78 is 0. The third-order valence-corrected chi connectivity index (χ3v) is 3.20. The Morgan fingerprint density at radius 2 is 1.74 bits per heavy atom. The number of aryl methyl sites for hydroxylation is 2. The SMILES string of the molecule is Cc1ccc(Cc2ccccc2C(=O)[O-])cc1C.[K+]. The van der Waals surface area contributed by atoms with E-state index >= 15 is 0 Å². The molecule has 0 aromatic heterocycles. The molecule has 0 saturated carbocycles. The summed E-state index contributed by atoms with van der Waals surface area (Å²) in [5.41, 5.74) is 4.65. The molecule has 2 rings (SSSR count). The number of carbonyl (C=O) groups excluding carboxylic acids is 1. The quantitative estimate of drug-likeness (QED) is 0.694. The average Bonchev–Trinajstić information content (AvgIpc) is 2.34. The van der Waals surface area contributed by atoms with Gasteiger partial charge in [0.2, 0.25) is 0 Å². The largest absolute Gasteiger partial charge is 1.00 e. The van der Waals surface area contributed by atoms with Crippen molar-refractivity contribution in [2.24, 2.45) is 0 Å². The van der Waals surface area contributed by atoms with Crippen molar-refractivity contribution in [3.05, 3.63) is 70.3 Å². The Morgan fingerprint density at radius 1 is 1.05 bits per heavy atom. The molecule has 0 unspecified atom stereocenters. The molecule has 2 aromatic carbocycles. The van der Waals surface area contributed by atoms with Crippen molar-refractivity contribution < 1.29 is 61.3 Å². The maximum atomic E-state index is 11.0. The van der Waals surface area contributed by atoms with Crippen molar-refractivity contribution in [3.63, 3.8) is 0 Å². The number of carboxylic acids is 1. The zero-order chi connectivity index (χ0) is 13.1. The van der Waals surface area contributed by atoms with Crippen LogP contribution in [-0.2, 0) is 6.42 Å². The number of carbonyl (C=O) groups is 1. The third kappa shape index (κ3) is 4.26. The van der Waals surface area contributed by atoms with Crippen molar-refractivity contribution in [2.75, 3.05) is 0 Å². The molecule has 0 saturated heterocycles. The van der Waals surface area contributed by atoms with Crippen molar-refractivity contribution in [1.82, 2.24) is 0 Å². The predicted molar refractivity (Wildman–Crippen MR) is 69.5 cm³/mol. The first-order valence-corrected chi connectivity index (χ1v) is 5.93. The predicted octanol–water partition coefficient (Wildman–Crippen LogP) is -0.738. The van der Waals surface area contributed by atoms with Crippen LogP contribution in [-0.4, -0.2) is 5.97 Å². The number of rotatable bonds is 3. The van der Waals surface area contributed by atoms with E-state index in [0.717, 1.165) is 11.1 Å². The second-order valence-electron chi connectivity index (χ2n) is 4.54. The van der Waals surface area contributed by atoms with E-state index in [9.17, 15) is 9.90 Å². The Hall–Kier alpha value is -0.454. The minimum Gasteiger partial charge on any atom is -0.545 e. The summed E-state index contributed by atoms with van der Waals surface area (Å²) in [4.78, 5) is 11.0. The van der Waals surface area contributed by atoms with E-state index in [0.29, 0.717) is 6.42 Å². The van der Waals surface area contributed by atoms with E-state index in [2.05, 4.69) is 26.0 Å². The zero-order valence-corrected chi connectivity index (χ0v) is 14.7. The summed E-state index contributed by atoms with van der Waals surface area (Å²) in [5.74, 6) is -1.12. The van der Waals surface area contributed by atoms with Crippen LogP contribution in [0, 0.1) is 13.8 Å². The molecule has 0 spiro atoms. The van der Waals surface area contributed by atoms with Gasteiger partial charge in [-0.3, -0.25) is 0 Å².